The van der Waals surface area contributed by atoms with Gasteiger partial charge in [-0.2, -0.15) is 0 Å². The van der Waals surface area contributed by atoms with Crippen LogP contribution in [0, 0.1) is 10.1 Å². The fraction of sp³-hybridized carbons (Fsp3) is 0. The summed E-state index contributed by atoms with van der Waals surface area (Å²) in [6.07, 6.45) is 1.39. The second kappa shape index (κ2) is 3.15. The van der Waals surface area contributed by atoms with E-state index in [1.807, 2.05) is 0 Å². The Morgan fingerprint density at radius 2 is 2.36 bits per heavy atom. The molecule has 0 unspecified atom stereocenters. The van der Waals surface area contributed by atoms with Gasteiger partial charge in [0.2, 0.25) is 0 Å². The lowest BCUT2D eigenvalue weighted by atomic mass is 10.4. The van der Waals surface area contributed by atoms with Crippen molar-refractivity contribution in [1.82, 2.24) is 4.98 Å². The first-order valence-corrected chi connectivity index (χ1v) is 3.74. The molecule has 11 heavy (non-hydrogen) atoms. The molecule has 0 fully saturated rings. The van der Waals surface area contributed by atoms with Crippen LogP contribution in [0.15, 0.2) is 16.9 Å². The molecule has 1 aromatic heterocycles. The molecule has 1 heterocycles. The van der Waals surface area contributed by atoms with Gasteiger partial charge in [0.25, 0.3) is 0 Å². The molecule has 0 saturated heterocycles. The summed E-state index contributed by atoms with van der Waals surface area (Å²) in [6.45, 7) is 0. The number of nitrogens with zero attached hydrogens (tertiary/aromatic N) is 2. The van der Waals surface area contributed by atoms with Gasteiger partial charge >= 0.3 is 5.69 Å². The lowest BCUT2D eigenvalue weighted by Gasteiger charge is -1.94. The van der Waals surface area contributed by atoms with Crippen LogP contribution in [0.25, 0.3) is 0 Å². The number of halogens is 2. The number of pyridine rings is 1. The van der Waals surface area contributed by atoms with Gasteiger partial charge in [0, 0.05) is 6.20 Å². The van der Waals surface area contributed by atoms with Crippen LogP contribution in [0.4, 0.5) is 5.69 Å². The number of rotatable bonds is 1. The summed E-state index contributed by atoms with van der Waals surface area (Å²) in [4.78, 5) is 13.4. The highest BCUT2D eigenvalue weighted by molar-refractivity contribution is 9.10. The minimum Gasteiger partial charge on any atom is -0.258 e. The number of hydrogen-bond acceptors (Lipinski definition) is 3. The van der Waals surface area contributed by atoms with Crippen molar-refractivity contribution in [3.05, 3.63) is 32.0 Å². The molecule has 0 amide bonds. The Morgan fingerprint density at radius 3 is 2.73 bits per heavy atom. The highest BCUT2D eigenvalue weighted by Crippen LogP contribution is 2.29. The van der Waals surface area contributed by atoms with Crippen LogP contribution in [-0.4, -0.2) is 9.91 Å². The van der Waals surface area contributed by atoms with Crippen LogP contribution in [0.2, 0.25) is 5.02 Å². The molecule has 4 nitrogen and oxygen atoms in total. The smallest absolute Gasteiger partial charge is 0.258 e. The molecule has 0 radical (unpaired) electrons. The van der Waals surface area contributed by atoms with Gasteiger partial charge in [-0.05, 0) is 22.0 Å². The minimum absolute atomic E-state index is 0.0804. The van der Waals surface area contributed by atoms with Crippen LogP contribution in [-0.2, 0) is 0 Å². The van der Waals surface area contributed by atoms with Gasteiger partial charge in [-0.3, -0.25) is 10.1 Å². The van der Waals surface area contributed by atoms with E-state index in [9.17, 15) is 10.1 Å². The number of hydrogen-bond donors (Lipinski definition) is 0. The van der Waals surface area contributed by atoms with E-state index in [0.717, 1.165) is 0 Å². The zero-order chi connectivity index (χ0) is 8.43. The Labute approximate surface area is 75.5 Å². The first-order chi connectivity index (χ1) is 5.13. The molecule has 0 N–H and O–H groups in total. The third-order valence-electron chi connectivity index (χ3n) is 1.01. The molecule has 0 saturated carbocycles. The fourth-order valence-corrected chi connectivity index (χ4v) is 1.37. The third kappa shape index (κ3) is 1.66. The molecule has 0 spiro atoms. The highest BCUT2D eigenvalue weighted by atomic mass is 79.9. The zero-order valence-corrected chi connectivity index (χ0v) is 7.46. The second-order valence-electron chi connectivity index (χ2n) is 1.69. The normalized spacial score (nSPS) is 9.64. The first-order valence-electron chi connectivity index (χ1n) is 2.57. The zero-order valence-electron chi connectivity index (χ0n) is 5.12. The fourth-order valence-electron chi connectivity index (χ4n) is 0.569. The van der Waals surface area contributed by atoms with Crippen molar-refractivity contribution in [2.24, 2.45) is 0 Å². The summed E-state index contributed by atoms with van der Waals surface area (Å²) in [5, 5.41) is 10.4. The SMILES string of the molecule is O=[N+]([O-])c1c(Cl)ccnc1Br. The van der Waals surface area contributed by atoms with Crippen molar-refractivity contribution in [2.45, 2.75) is 0 Å². The van der Waals surface area contributed by atoms with Crippen molar-refractivity contribution in [3.63, 3.8) is 0 Å². The van der Waals surface area contributed by atoms with Gasteiger partial charge in [-0.1, -0.05) is 11.6 Å². The molecule has 0 aromatic carbocycles. The van der Waals surface area contributed by atoms with E-state index in [-0.39, 0.29) is 15.3 Å². The maximum absolute atomic E-state index is 10.3. The molecule has 1 rings (SSSR count). The van der Waals surface area contributed by atoms with Gasteiger partial charge in [0.1, 0.15) is 5.02 Å². The molecule has 6 heteroatoms. The van der Waals surface area contributed by atoms with Gasteiger partial charge in [0.05, 0.1) is 4.92 Å². The van der Waals surface area contributed by atoms with Gasteiger partial charge in [-0.25, -0.2) is 4.98 Å². The molecule has 58 valence electrons. The van der Waals surface area contributed by atoms with Crippen molar-refractivity contribution in [2.75, 3.05) is 0 Å². The summed E-state index contributed by atoms with van der Waals surface area (Å²) in [6, 6.07) is 1.37. The number of nitro groups is 1. The predicted octanol–water partition coefficient (Wildman–Crippen LogP) is 2.41. The largest absolute Gasteiger partial charge is 0.320 e. The lowest BCUT2D eigenvalue weighted by Crippen LogP contribution is -1.91. The second-order valence-corrected chi connectivity index (χ2v) is 2.85. The summed E-state index contributed by atoms with van der Waals surface area (Å²) in [5.41, 5.74) is -0.200. The van der Waals surface area contributed by atoms with E-state index in [1.165, 1.54) is 12.3 Å². The Morgan fingerprint density at radius 1 is 1.73 bits per heavy atom. The molecule has 0 atom stereocenters. The first kappa shape index (κ1) is 8.42. The van der Waals surface area contributed by atoms with Crippen LogP contribution >= 0.6 is 27.5 Å². The van der Waals surface area contributed by atoms with Crippen LogP contribution in [0.1, 0.15) is 0 Å². The maximum Gasteiger partial charge on any atom is 0.320 e. The Bertz CT molecular complexity index is 284. The van der Waals surface area contributed by atoms with Gasteiger partial charge in [-0.15, -0.1) is 0 Å². The molecular formula is C5H2BrClN2O2. The highest BCUT2D eigenvalue weighted by Gasteiger charge is 2.16. The topological polar surface area (TPSA) is 56.0 Å². The molecule has 0 aliphatic rings. The molecular weight excluding hydrogens is 235 g/mol. The standard InChI is InChI=1S/C5H2BrClN2O2/c6-5-4(9(10)11)3(7)1-2-8-5/h1-2H. The minimum atomic E-state index is -0.584. The van der Waals surface area contributed by atoms with Crippen molar-refractivity contribution >= 4 is 33.2 Å². The summed E-state index contributed by atoms with van der Waals surface area (Å²) in [7, 11) is 0. The van der Waals surface area contributed by atoms with Gasteiger partial charge in [0.15, 0.2) is 4.60 Å². The molecule has 0 aliphatic heterocycles. The average Bonchev–Trinajstić information content (AvgIpc) is 1.85. The Hall–Kier alpha value is -0.680. The number of aromatic nitrogens is 1. The van der Waals surface area contributed by atoms with Crippen molar-refractivity contribution in [1.29, 1.82) is 0 Å². The van der Waals surface area contributed by atoms with E-state index in [0.29, 0.717) is 0 Å². The van der Waals surface area contributed by atoms with E-state index in [1.54, 1.807) is 0 Å². The molecule has 0 bridgehead atoms. The summed E-state index contributed by atoms with van der Waals surface area (Å²) >= 11 is 8.42. The van der Waals surface area contributed by atoms with E-state index in [4.69, 9.17) is 11.6 Å². The van der Waals surface area contributed by atoms with Gasteiger partial charge < -0.3 is 0 Å². The van der Waals surface area contributed by atoms with Crippen molar-refractivity contribution < 1.29 is 4.92 Å². The summed E-state index contributed by atoms with van der Waals surface area (Å²) in [5.74, 6) is 0. The van der Waals surface area contributed by atoms with Crippen LogP contribution in [0.3, 0.4) is 0 Å². The Balaban J connectivity index is 3.32. The Kier molecular flexibility index (Phi) is 2.41. The predicted molar refractivity (Wildman–Crippen MR) is 43.6 cm³/mol. The molecule has 0 aliphatic carbocycles. The van der Waals surface area contributed by atoms with E-state index < -0.39 is 4.92 Å². The maximum atomic E-state index is 10.3. The summed E-state index contributed by atoms with van der Waals surface area (Å²) < 4.78 is 0.148. The van der Waals surface area contributed by atoms with E-state index in [2.05, 4.69) is 20.9 Å². The quantitative estimate of drug-likeness (QED) is 0.428. The van der Waals surface area contributed by atoms with Crippen molar-refractivity contribution in [3.8, 4) is 0 Å². The third-order valence-corrected chi connectivity index (χ3v) is 1.90. The van der Waals surface area contributed by atoms with E-state index >= 15 is 0 Å². The monoisotopic (exact) mass is 236 g/mol. The van der Waals surface area contributed by atoms with Crippen LogP contribution < -0.4 is 0 Å². The lowest BCUT2D eigenvalue weighted by molar-refractivity contribution is -0.385. The van der Waals surface area contributed by atoms with Crippen LogP contribution in [0.5, 0.6) is 0 Å². The molecule has 1 aromatic rings. The average molecular weight is 237 g/mol.